The fourth-order valence-electron chi connectivity index (χ4n) is 3.21. The van der Waals surface area contributed by atoms with Crippen molar-refractivity contribution in [3.05, 3.63) is 78.1 Å². The van der Waals surface area contributed by atoms with Crippen molar-refractivity contribution in [3.8, 4) is 0 Å². The molecule has 3 heteroatoms. The summed E-state index contributed by atoms with van der Waals surface area (Å²) >= 11 is 0. The minimum Gasteiger partial charge on any atom is -0.464 e. The van der Waals surface area contributed by atoms with Gasteiger partial charge in [0.05, 0.1) is 12.7 Å². The lowest BCUT2D eigenvalue weighted by Gasteiger charge is -2.06. The van der Waals surface area contributed by atoms with Crippen LogP contribution in [0.25, 0.3) is 21.7 Å². The SMILES string of the molecule is CCc1ccc(NC(=O)Cc2coc3ccc4ccccc4c23)cc1. The molecule has 0 saturated heterocycles. The van der Waals surface area contributed by atoms with E-state index < -0.39 is 0 Å². The van der Waals surface area contributed by atoms with Crippen LogP contribution < -0.4 is 5.32 Å². The fraction of sp³-hybridized carbons (Fsp3) is 0.136. The van der Waals surface area contributed by atoms with Crippen molar-refractivity contribution >= 4 is 33.3 Å². The van der Waals surface area contributed by atoms with E-state index in [-0.39, 0.29) is 12.3 Å². The Bertz CT molecular complexity index is 1040. The second kappa shape index (κ2) is 6.44. The van der Waals surface area contributed by atoms with Crippen LogP contribution in [0.1, 0.15) is 18.1 Å². The zero-order chi connectivity index (χ0) is 17.2. The van der Waals surface area contributed by atoms with Gasteiger partial charge in [-0.2, -0.15) is 0 Å². The smallest absolute Gasteiger partial charge is 0.228 e. The Morgan fingerprint density at radius 3 is 2.60 bits per heavy atom. The van der Waals surface area contributed by atoms with E-state index in [2.05, 4.69) is 24.4 Å². The summed E-state index contributed by atoms with van der Waals surface area (Å²) in [5, 5.41) is 6.25. The molecular weight excluding hydrogens is 310 g/mol. The summed E-state index contributed by atoms with van der Waals surface area (Å²) in [4.78, 5) is 12.5. The van der Waals surface area contributed by atoms with Crippen molar-refractivity contribution in [2.24, 2.45) is 0 Å². The number of fused-ring (bicyclic) bond motifs is 3. The van der Waals surface area contributed by atoms with Gasteiger partial charge in [0.15, 0.2) is 0 Å². The first-order valence-corrected chi connectivity index (χ1v) is 8.51. The van der Waals surface area contributed by atoms with Gasteiger partial charge in [-0.15, -0.1) is 0 Å². The summed E-state index contributed by atoms with van der Waals surface area (Å²) in [6.07, 6.45) is 2.97. The van der Waals surface area contributed by atoms with Crippen LogP contribution in [0.15, 0.2) is 71.3 Å². The molecule has 0 unspecified atom stereocenters. The van der Waals surface area contributed by atoms with E-state index in [1.165, 1.54) is 5.56 Å². The zero-order valence-electron chi connectivity index (χ0n) is 14.1. The molecule has 1 N–H and O–H groups in total. The number of hydrogen-bond donors (Lipinski definition) is 1. The summed E-state index contributed by atoms with van der Waals surface area (Å²) < 4.78 is 5.66. The second-order valence-corrected chi connectivity index (χ2v) is 6.20. The number of rotatable bonds is 4. The monoisotopic (exact) mass is 329 g/mol. The number of amides is 1. The van der Waals surface area contributed by atoms with Gasteiger partial charge in [-0.05, 0) is 41.0 Å². The van der Waals surface area contributed by atoms with Gasteiger partial charge in [0, 0.05) is 16.6 Å². The number of nitrogens with one attached hydrogen (secondary N) is 1. The minimum absolute atomic E-state index is 0.0418. The van der Waals surface area contributed by atoms with Gasteiger partial charge in [0.2, 0.25) is 5.91 Å². The zero-order valence-corrected chi connectivity index (χ0v) is 14.1. The fourth-order valence-corrected chi connectivity index (χ4v) is 3.21. The maximum Gasteiger partial charge on any atom is 0.228 e. The highest BCUT2D eigenvalue weighted by atomic mass is 16.3. The Hall–Kier alpha value is -3.07. The van der Waals surface area contributed by atoms with Gasteiger partial charge in [-0.25, -0.2) is 0 Å². The van der Waals surface area contributed by atoms with Crippen LogP contribution in [-0.4, -0.2) is 5.91 Å². The number of benzene rings is 3. The number of furan rings is 1. The largest absolute Gasteiger partial charge is 0.464 e. The third kappa shape index (κ3) is 3.01. The molecule has 4 rings (SSSR count). The highest BCUT2D eigenvalue weighted by Gasteiger charge is 2.13. The normalized spacial score (nSPS) is 11.1. The van der Waals surface area contributed by atoms with Crippen molar-refractivity contribution < 1.29 is 9.21 Å². The Kier molecular flexibility index (Phi) is 3.98. The van der Waals surface area contributed by atoms with Gasteiger partial charge in [0.25, 0.3) is 0 Å². The lowest BCUT2D eigenvalue weighted by Crippen LogP contribution is -2.14. The summed E-state index contributed by atoms with van der Waals surface area (Å²) in [7, 11) is 0. The van der Waals surface area contributed by atoms with E-state index in [9.17, 15) is 4.79 Å². The van der Waals surface area contributed by atoms with Crippen LogP contribution in [0.5, 0.6) is 0 Å². The van der Waals surface area contributed by atoms with E-state index >= 15 is 0 Å². The number of carbonyl (C=O) groups excluding carboxylic acids is 1. The predicted molar refractivity (Wildman–Crippen MR) is 102 cm³/mol. The molecule has 3 nitrogen and oxygen atoms in total. The van der Waals surface area contributed by atoms with Crippen LogP contribution in [0.4, 0.5) is 5.69 Å². The van der Waals surface area contributed by atoms with Crippen molar-refractivity contribution in [3.63, 3.8) is 0 Å². The molecule has 0 aliphatic carbocycles. The van der Waals surface area contributed by atoms with E-state index in [1.807, 2.05) is 48.5 Å². The molecule has 1 heterocycles. The van der Waals surface area contributed by atoms with Gasteiger partial charge >= 0.3 is 0 Å². The second-order valence-electron chi connectivity index (χ2n) is 6.20. The van der Waals surface area contributed by atoms with Crippen LogP contribution in [0.2, 0.25) is 0 Å². The first kappa shape index (κ1) is 15.5. The Balaban J connectivity index is 1.61. The standard InChI is InChI=1S/C22H19NO2/c1-2-15-7-10-18(11-8-15)23-21(24)13-17-14-25-20-12-9-16-5-3-4-6-19(16)22(17)20/h3-12,14H,2,13H2,1H3,(H,23,24). The third-order valence-corrected chi connectivity index (χ3v) is 4.54. The number of hydrogen-bond acceptors (Lipinski definition) is 2. The minimum atomic E-state index is -0.0418. The summed E-state index contributed by atoms with van der Waals surface area (Å²) in [6, 6.07) is 20.1. The van der Waals surface area contributed by atoms with E-state index in [0.717, 1.165) is 39.4 Å². The molecule has 1 amide bonds. The van der Waals surface area contributed by atoms with E-state index in [1.54, 1.807) is 6.26 Å². The van der Waals surface area contributed by atoms with Crippen LogP contribution >= 0.6 is 0 Å². The lowest BCUT2D eigenvalue weighted by atomic mass is 10.0. The van der Waals surface area contributed by atoms with E-state index in [4.69, 9.17) is 4.42 Å². The molecule has 0 saturated carbocycles. The average Bonchev–Trinajstić information content (AvgIpc) is 3.05. The Labute approximate surface area is 146 Å². The molecule has 4 aromatic rings. The van der Waals surface area contributed by atoms with Gasteiger partial charge < -0.3 is 9.73 Å². The molecule has 0 bridgehead atoms. The maximum atomic E-state index is 12.5. The Morgan fingerprint density at radius 2 is 1.80 bits per heavy atom. The average molecular weight is 329 g/mol. The maximum absolute atomic E-state index is 12.5. The number of carbonyl (C=O) groups is 1. The van der Waals surface area contributed by atoms with Crippen molar-refractivity contribution in [2.75, 3.05) is 5.32 Å². The van der Waals surface area contributed by atoms with Gasteiger partial charge in [0.1, 0.15) is 5.58 Å². The summed E-state index contributed by atoms with van der Waals surface area (Å²) in [5.41, 5.74) is 3.80. The van der Waals surface area contributed by atoms with Crippen LogP contribution in [0, 0.1) is 0 Å². The molecule has 3 aromatic carbocycles. The topological polar surface area (TPSA) is 42.2 Å². The number of anilines is 1. The molecule has 0 atom stereocenters. The molecule has 0 aliphatic heterocycles. The molecule has 0 spiro atoms. The first-order valence-electron chi connectivity index (χ1n) is 8.51. The molecule has 124 valence electrons. The quantitative estimate of drug-likeness (QED) is 0.550. The molecular formula is C22H19NO2. The molecule has 0 radical (unpaired) electrons. The van der Waals surface area contributed by atoms with Gasteiger partial charge in [-0.1, -0.05) is 49.4 Å². The summed E-state index contributed by atoms with van der Waals surface area (Å²) in [6.45, 7) is 2.11. The predicted octanol–water partition coefficient (Wildman–Crippen LogP) is 5.33. The highest BCUT2D eigenvalue weighted by Crippen LogP contribution is 2.30. The third-order valence-electron chi connectivity index (χ3n) is 4.54. The molecule has 25 heavy (non-hydrogen) atoms. The Morgan fingerprint density at radius 1 is 1.00 bits per heavy atom. The van der Waals surface area contributed by atoms with Crippen molar-refractivity contribution in [1.82, 2.24) is 0 Å². The molecule has 1 aromatic heterocycles. The van der Waals surface area contributed by atoms with Crippen LogP contribution in [-0.2, 0) is 17.6 Å². The molecule has 0 fully saturated rings. The number of aryl methyl sites for hydroxylation is 1. The lowest BCUT2D eigenvalue weighted by molar-refractivity contribution is -0.115. The first-order chi connectivity index (χ1) is 12.2. The van der Waals surface area contributed by atoms with E-state index in [0.29, 0.717) is 0 Å². The molecule has 0 aliphatic rings. The highest BCUT2D eigenvalue weighted by molar-refractivity contribution is 6.09. The van der Waals surface area contributed by atoms with Crippen LogP contribution in [0.3, 0.4) is 0 Å². The van der Waals surface area contributed by atoms with Gasteiger partial charge in [-0.3, -0.25) is 4.79 Å². The summed E-state index contributed by atoms with van der Waals surface area (Å²) in [5.74, 6) is -0.0418. The van der Waals surface area contributed by atoms with Crippen molar-refractivity contribution in [1.29, 1.82) is 0 Å². The van der Waals surface area contributed by atoms with Crippen molar-refractivity contribution in [2.45, 2.75) is 19.8 Å².